The highest BCUT2D eigenvalue weighted by atomic mass is 35.5. The van der Waals surface area contributed by atoms with Gasteiger partial charge in [0, 0.05) is 12.2 Å². The van der Waals surface area contributed by atoms with Crippen LogP contribution in [0.15, 0.2) is 6.33 Å². The van der Waals surface area contributed by atoms with Crippen molar-refractivity contribution in [2.75, 3.05) is 17.4 Å². The Hall–Kier alpha value is -1.14. The Bertz CT molecular complexity index is 1290. The summed E-state index contributed by atoms with van der Waals surface area (Å²) in [6.07, 6.45) is 2.00. The van der Waals surface area contributed by atoms with E-state index in [9.17, 15) is 24.2 Å². The maximum atomic E-state index is 12.2. The van der Waals surface area contributed by atoms with E-state index in [0.717, 1.165) is 11.8 Å². The molecule has 13 nitrogen and oxygen atoms in total. The lowest BCUT2D eigenvalue weighted by molar-refractivity contribution is -0.0354. The van der Waals surface area contributed by atoms with Gasteiger partial charge in [0.25, 0.3) is 0 Å². The third-order valence-corrected chi connectivity index (χ3v) is 13.1. The topological polar surface area (TPSA) is 200 Å². The van der Waals surface area contributed by atoms with E-state index in [1.165, 1.54) is 43.0 Å². The van der Waals surface area contributed by atoms with Crippen LogP contribution in [0.4, 0.5) is 5.82 Å². The fraction of sp³-hybridized carbons (Fsp3) is 0.773. The minimum Gasteiger partial charge on any atom is -0.388 e. The molecule has 2 aromatic rings. The molecule has 4 bridgehead atoms. The predicted molar refractivity (Wildman–Crippen MR) is 137 cm³/mol. The van der Waals surface area contributed by atoms with Crippen LogP contribution < -0.4 is 5.32 Å². The zero-order chi connectivity index (χ0) is 27.0. The fourth-order valence-corrected chi connectivity index (χ4v) is 11.1. The van der Waals surface area contributed by atoms with E-state index in [1.807, 2.05) is 0 Å². The van der Waals surface area contributed by atoms with Gasteiger partial charge in [0.2, 0.25) is 12.7 Å². The van der Waals surface area contributed by atoms with Crippen molar-refractivity contribution in [3.63, 3.8) is 0 Å². The van der Waals surface area contributed by atoms with Crippen LogP contribution in [0.25, 0.3) is 11.2 Å². The number of rotatable bonds is 8. The van der Waals surface area contributed by atoms with Crippen LogP contribution in [0.1, 0.15) is 44.8 Å². The molecule has 3 heterocycles. The van der Waals surface area contributed by atoms with Crippen molar-refractivity contribution in [3.05, 3.63) is 11.6 Å². The molecule has 16 heteroatoms. The molecule has 6 N–H and O–H groups in total. The van der Waals surface area contributed by atoms with Gasteiger partial charge < -0.3 is 34.9 Å². The molecule has 2 aromatic heterocycles. The Morgan fingerprint density at radius 3 is 2.32 bits per heavy atom. The summed E-state index contributed by atoms with van der Waals surface area (Å²) in [5.74, 6) is 2.17. The Kier molecular flexibility index (Phi) is 6.94. The first-order chi connectivity index (χ1) is 17.9. The summed E-state index contributed by atoms with van der Waals surface area (Å²) in [5, 5.41) is 24.9. The standard InChI is InChI=1S/C22H32ClN5O8P2/c23-22-26-19(25-15-12-4-10-3-11(6-12)7-13(15)5-10)16-20(27-22)28(8-24-16)21-18(30)17(29)14(36-21)1-2-37(31,32)9-38(33,34)35/h8,10-15,17-18,21,29-30H,1-7,9H2,(H,31,32)(H,25,26,27)(H2,33,34,35). The molecule has 0 amide bonds. The van der Waals surface area contributed by atoms with Crippen molar-refractivity contribution in [2.45, 2.75) is 69.1 Å². The Labute approximate surface area is 223 Å². The van der Waals surface area contributed by atoms with Gasteiger partial charge in [-0.2, -0.15) is 9.97 Å². The van der Waals surface area contributed by atoms with Crippen molar-refractivity contribution in [3.8, 4) is 0 Å². The average Bonchev–Trinajstić information content (AvgIpc) is 3.33. The maximum absolute atomic E-state index is 12.2. The smallest absolute Gasteiger partial charge is 0.335 e. The average molecular weight is 592 g/mol. The van der Waals surface area contributed by atoms with Crippen molar-refractivity contribution >= 4 is 43.5 Å². The Balaban J connectivity index is 1.21. The first kappa shape index (κ1) is 27.1. The molecule has 4 saturated carbocycles. The van der Waals surface area contributed by atoms with Gasteiger partial charge in [-0.3, -0.25) is 13.7 Å². The Morgan fingerprint density at radius 1 is 1.03 bits per heavy atom. The number of fused-ring (bicyclic) bond motifs is 1. The molecular weight excluding hydrogens is 560 g/mol. The monoisotopic (exact) mass is 591 g/mol. The minimum absolute atomic E-state index is 0.00573. The molecule has 210 valence electrons. The number of halogens is 1. The van der Waals surface area contributed by atoms with E-state index in [2.05, 4.69) is 20.3 Å². The lowest BCUT2D eigenvalue weighted by Crippen LogP contribution is -2.51. The molecule has 4 aliphatic carbocycles. The predicted octanol–water partition coefficient (Wildman–Crippen LogP) is 2.13. The van der Waals surface area contributed by atoms with Crippen molar-refractivity contribution in [1.82, 2.24) is 19.5 Å². The fourth-order valence-electron chi connectivity index (χ4n) is 7.38. The van der Waals surface area contributed by atoms with Gasteiger partial charge in [-0.25, -0.2) is 4.98 Å². The van der Waals surface area contributed by atoms with Crippen LogP contribution in [0, 0.1) is 23.7 Å². The molecular formula is C22H32ClN5O8P2. The maximum Gasteiger partial charge on any atom is 0.335 e. The van der Waals surface area contributed by atoms with E-state index in [1.54, 1.807) is 0 Å². The summed E-state index contributed by atoms with van der Waals surface area (Å²) in [6, 6.07) is 0.281. The number of nitrogens with zero attached hydrogens (tertiary/aromatic N) is 4. The second kappa shape index (κ2) is 9.75. The highest BCUT2D eigenvalue weighted by Gasteiger charge is 2.49. The molecule has 0 aromatic carbocycles. The number of hydrogen-bond donors (Lipinski definition) is 6. The summed E-state index contributed by atoms with van der Waals surface area (Å²) in [7, 11) is -8.87. The molecule has 5 unspecified atom stereocenters. The van der Waals surface area contributed by atoms with Crippen molar-refractivity contribution < 1.29 is 38.8 Å². The van der Waals surface area contributed by atoms with Gasteiger partial charge in [0.15, 0.2) is 23.2 Å². The highest BCUT2D eigenvalue weighted by molar-refractivity contribution is 7.72. The van der Waals surface area contributed by atoms with Crippen LogP contribution in [-0.2, 0) is 13.9 Å². The van der Waals surface area contributed by atoms with E-state index >= 15 is 0 Å². The highest BCUT2D eigenvalue weighted by Crippen LogP contribution is 2.56. The SMILES string of the molecule is O=P(O)(O)CP(=O)(O)CCC1OC(n2cnc3c(NC4C5CC6CC(C5)CC4C6)nc(Cl)nc32)C(O)C1O. The molecule has 1 aliphatic heterocycles. The van der Waals surface area contributed by atoms with E-state index < -0.39 is 51.6 Å². The molecule has 0 radical (unpaired) electrons. The Morgan fingerprint density at radius 2 is 1.68 bits per heavy atom. The van der Waals surface area contributed by atoms with Crippen LogP contribution in [0.2, 0.25) is 5.28 Å². The van der Waals surface area contributed by atoms with E-state index in [-0.39, 0.29) is 17.7 Å². The van der Waals surface area contributed by atoms with Gasteiger partial charge in [0.1, 0.15) is 18.1 Å². The molecule has 5 fully saturated rings. The first-order valence-electron chi connectivity index (χ1n) is 12.9. The second-order valence-electron chi connectivity index (χ2n) is 11.5. The summed E-state index contributed by atoms with van der Waals surface area (Å²) in [5.41, 5.74) is 0.765. The number of aliphatic hydroxyl groups is 2. The zero-order valence-electron chi connectivity index (χ0n) is 20.5. The van der Waals surface area contributed by atoms with Crippen LogP contribution in [0.3, 0.4) is 0 Å². The van der Waals surface area contributed by atoms with Gasteiger partial charge >= 0.3 is 7.60 Å². The number of aliphatic hydroxyl groups excluding tert-OH is 2. The molecule has 38 heavy (non-hydrogen) atoms. The first-order valence-corrected chi connectivity index (χ1v) is 17.1. The van der Waals surface area contributed by atoms with Gasteiger partial charge in [-0.1, -0.05) is 0 Å². The van der Waals surface area contributed by atoms with Crippen LogP contribution in [-0.4, -0.2) is 80.8 Å². The summed E-state index contributed by atoms with van der Waals surface area (Å²) >= 11 is 6.30. The minimum atomic E-state index is -4.70. The number of anilines is 1. The number of imidazole rings is 1. The molecule has 0 spiro atoms. The lowest BCUT2D eigenvalue weighted by atomic mass is 9.54. The van der Waals surface area contributed by atoms with Gasteiger partial charge in [-0.05, 0) is 73.8 Å². The molecule has 7 rings (SSSR count). The van der Waals surface area contributed by atoms with Gasteiger partial charge in [-0.15, -0.1) is 0 Å². The van der Waals surface area contributed by atoms with Crippen molar-refractivity contribution in [1.29, 1.82) is 0 Å². The summed E-state index contributed by atoms with van der Waals surface area (Å²) in [4.78, 5) is 41.2. The molecule has 1 saturated heterocycles. The quantitative estimate of drug-likeness (QED) is 0.193. The second-order valence-corrected chi connectivity index (χ2v) is 16.4. The van der Waals surface area contributed by atoms with E-state index in [4.69, 9.17) is 26.1 Å². The number of hydrogen-bond acceptors (Lipinski definition) is 9. The number of ether oxygens (including phenoxy) is 1. The molecule has 5 aliphatic rings. The normalized spacial score (nSPS) is 38.1. The molecule has 5 atom stereocenters. The van der Waals surface area contributed by atoms with E-state index in [0.29, 0.717) is 28.8 Å². The van der Waals surface area contributed by atoms with Crippen LogP contribution in [0.5, 0.6) is 0 Å². The van der Waals surface area contributed by atoms with Crippen LogP contribution >= 0.6 is 26.6 Å². The lowest BCUT2D eigenvalue weighted by Gasteiger charge is -2.54. The third kappa shape index (κ3) is 5.18. The zero-order valence-corrected chi connectivity index (χ0v) is 23.0. The van der Waals surface area contributed by atoms with Gasteiger partial charge in [0.05, 0.1) is 12.4 Å². The largest absolute Gasteiger partial charge is 0.388 e. The summed E-state index contributed by atoms with van der Waals surface area (Å²) in [6.45, 7) is 0. The number of aromatic nitrogens is 4. The summed E-state index contributed by atoms with van der Waals surface area (Å²) < 4.78 is 30.6. The third-order valence-electron chi connectivity index (χ3n) is 8.70. The number of nitrogens with one attached hydrogen (secondary N) is 1. The van der Waals surface area contributed by atoms with Crippen molar-refractivity contribution in [2.24, 2.45) is 23.7 Å².